The molecule has 0 N–H and O–H groups in total. The summed E-state index contributed by atoms with van der Waals surface area (Å²) in [4.78, 5) is 7.16. The summed E-state index contributed by atoms with van der Waals surface area (Å²) < 4.78 is 36.6. The Morgan fingerprint density at radius 2 is 1.13 bits per heavy atom. The molecule has 2 heterocycles. The number of halogens is 3. The molecule has 0 spiro atoms. The maximum atomic E-state index is 12.2. The van der Waals surface area contributed by atoms with Crippen LogP contribution >= 0.6 is 7.92 Å². The van der Waals surface area contributed by atoms with E-state index in [1.54, 1.807) is 19.1 Å². The topological polar surface area (TPSA) is 52.8 Å². The van der Waals surface area contributed by atoms with Gasteiger partial charge in [0.05, 0.1) is 30.9 Å². The van der Waals surface area contributed by atoms with Crippen LogP contribution in [-0.4, -0.2) is 21.7 Å². The molecular weight excluding hydrogens is 767 g/mol. The fraction of sp³-hybridized carbons (Fsp3) is 0.111. The molecule has 0 amide bonds. The van der Waals surface area contributed by atoms with E-state index >= 15 is 0 Å². The van der Waals surface area contributed by atoms with Crippen molar-refractivity contribution in [3.8, 4) is 11.5 Å². The van der Waals surface area contributed by atoms with Crippen LogP contribution in [0.5, 0.6) is 0 Å². The Morgan fingerprint density at radius 1 is 0.689 bits per heavy atom. The number of aryl methyl sites for hydroxylation is 1. The first-order valence-corrected chi connectivity index (χ1v) is 16.0. The molecule has 230 valence electrons. The Labute approximate surface area is 277 Å². The third-order valence-electron chi connectivity index (χ3n) is 6.68. The largest absolute Gasteiger partial charge is 2.00 e. The van der Waals surface area contributed by atoms with Crippen molar-refractivity contribution in [1.29, 1.82) is 0 Å². The first kappa shape index (κ1) is 35.4. The van der Waals surface area contributed by atoms with Gasteiger partial charge in [-0.05, 0) is 54.7 Å². The summed E-state index contributed by atoms with van der Waals surface area (Å²) in [6.07, 6.45) is -3.09. The summed E-state index contributed by atoms with van der Waals surface area (Å²) in [7, 11) is -0.545. The van der Waals surface area contributed by atoms with Crippen LogP contribution in [-0.2, 0) is 26.0 Å². The summed E-state index contributed by atoms with van der Waals surface area (Å²) in [5, 5.41) is 9.27. The van der Waals surface area contributed by atoms with Crippen molar-refractivity contribution < 1.29 is 33.0 Å². The molecule has 6 aromatic rings. The number of rotatable bonds is 5. The third-order valence-corrected chi connectivity index (χ3v) is 9.08. The second-order valence-corrected chi connectivity index (χ2v) is 12.3. The summed E-state index contributed by atoms with van der Waals surface area (Å²) in [5.74, 6) is -0.0342. The molecule has 0 saturated heterocycles. The van der Waals surface area contributed by atoms with Crippen molar-refractivity contribution in [2.75, 3.05) is 6.66 Å². The molecular formula is C36H33F3N4OsP+. The Morgan fingerprint density at radius 3 is 1.53 bits per heavy atom. The fourth-order valence-electron chi connectivity index (χ4n) is 4.21. The molecule has 0 saturated carbocycles. The van der Waals surface area contributed by atoms with Gasteiger partial charge < -0.3 is 10.1 Å². The SMILES string of the molecule is C[C-](c1ccccc1)c1ccccc1.C[PH+](c1ccccc1)c1ccccc1.Cc1ccnc(-c2nc(C(F)(F)F)n[n-]2)c1.[Os+2]. The van der Waals surface area contributed by atoms with Gasteiger partial charge in [-0.15, -0.1) is 41.3 Å². The maximum Gasteiger partial charge on any atom is 2.00 e. The Kier molecular flexibility index (Phi) is 13.7. The summed E-state index contributed by atoms with van der Waals surface area (Å²) >= 11 is 0. The molecule has 9 heteroatoms. The first-order valence-electron chi connectivity index (χ1n) is 14.0. The van der Waals surface area contributed by atoms with Crippen molar-refractivity contribution in [2.24, 2.45) is 0 Å². The number of nitrogens with zero attached hydrogens (tertiary/aromatic N) is 4. The van der Waals surface area contributed by atoms with Crippen molar-refractivity contribution in [3.63, 3.8) is 0 Å². The summed E-state index contributed by atoms with van der Waals surface area (Å²) in [5.41, 5.74) is 3.73. The molecule has 2 aromatic heterocycles. The molecule has 4 aromatic carbocycles. The maximum absolute atomic E-state index is 12.2. The van der Waals surface area contributed by atoms with Gasteiger partial charge in [-0.25, -0.2) is 0 Å². The number of hydrogen-bond acceptors (Lipinski definition) is 3. The zero-order chi connectivity index (χ0) is 31.4. The second-order valence-electron chi connectivity index (χ2n) is 9.89. The van der Waals surface area contributed by atoms with E-state index in [1.807, 2.05) is 12.1 Å². The van der Waals surface area contributed by atoms with Gasteiger partial charge in [0.15, 0.2) is 0 Å². The van der Waals surface area contributed by atoms with E-state index in [1.165, 1.54) is 33.9 Å². The third kappa shape index (κ3) is 10.8. The van der Waals surface area contributed by atoms with Crippen LogP contribution in [0.15, 0.2) is 140 Å². The number of hydrogen-bond donors (Lipinski definition) is 0. The average Bonchev–Trinajstić information content (AvgIpc) is 3.58. The van der Waals surface area contributed by atoms with Crippen molar-refractivity contribution in [3.05, 3.63) is 168 Å². The molecule has 0 atom stereocenters. The molecule has 0 fully saturated rings. The van der Waals surface area contributed by atoms with E-state index in [0.29, 0.717) is 0 Å². The van der Waals surface area contributed by atoms with Crippen LogP contribution in [0.1, 0.15) is 29.4 Å². The van der Waals surface area contributed by atoms with E-state index in [2.05, 4.69) is 143 Å². The number of aromatic nitrogens is 4. The van der Waals surface area contributed by atoms with Gasteiger partial charge in [0, 0.05) is 6.20 Å². The van der Waals surface area contributed by atoms with Crippen LogP contribution in [0.2, 0.25) is 0 Å². The number of pyridine rings is 1. The van der Waals surface area contributed by atoms with Crippen LogP contribution in [0.3, 0.4) is 0 Å². The molecule has 0 radical (unpaired) electrons. The van der Waals surface area contributed by atoms with Crippen molar-refractivity contribution in [1.82, 2.24) is 20.2 Å². The first-order chi connectivity index (χ1) is 21.2. The van der Waals surface area contributed by atoms with Crippen molar-refractivity contribution in [2.45, 2.75) is 20.0 Å². The average molecular weight is 800 g/mol. The standard InChI is InChI=1S/C14H13.C13H13P.C9H6F3N4.Os/c1-12(13-8-4-2-5-9-13)14-10-6-3-7-11-14;1-14(12-8-4-2-5-9-12)13-10-6-3-7-11-13;1-5-2-3-13-6(4-5)7-14-8(16-15-7)9(10,11)12;/h2*2-11H,1H3;2-4H,1H3;/q-1;;-1;+2/p+1. The van der Waals surface area contributed by atoms with E-state index in [9.17, 15) is 13.2 Å². The molecule has 4 nitrogen and oxygen atoms in total. The van der Waals surface area contributed by atoms with Gasteiger partial charge in [0.2, 0.25) is 0 Å². The second kappa shape index (κ2) is 17.4. The minimum absolute atomic E-state index is 0. The van der Waals surface area contributed by atoms with E-state index < -0.39 is 19.9 Å². The molecule has 0 aliphatic rings. The minimum Gasteiger partial charge on any atom is -0.413 e. The Bertz CT molecular complexity index is 1520. The quantitative estimate of drug-likeness (QED) is 0.131. The molecule has 0 aliphatic carbocycles. The molecule has 6 rings (SSSR count). The van der Waals surface area contributed by atoms with Gasteiger partial charge in [-0.3, -0.25) is 10.1 Å². The minimum atomic E-state index is -4.57. The van der Waals surface area contributed by atoms with Crippen LogP contribution in [0, 0.1) is 12.8 Å². The molecule has 0 unspecified atom stereocenters. The van der Waals surface area contributed by atoms with Crippen LogP contribution in [0.25, 0.3) is 11.5 Å². The van der Waals surface area contributed by atoms with Crippen LogP contribution in [0.4, 0.5) is 13.2 Å². The zero-order valence-corrected chi connectivity index (χ0v) is 28.6. The van der Waals surface area contributed by atoms with Gasteiger partial charge in [0.1, 0.15) is 5.82 Å². The van der Waals surface area contributed by atoms with E-state index in [4.69, 9.17) is 0 Å². The number of alkyl halides is 3. The predicted octanol–water partition coefficient (Wildman–Crippen LogP) is 7.98. The van der Waals surface area contributed by atoms with Crippen LogP contribution < -0.4 is 15.7 Å². The summed E-state index contributed by atoms with van der Waals surface area (Å²) in [6.45, 7) is 6.30. The Balaban J connectivity index is 0.000000183. The van der Waals surface area contributed by atoms with Gasteiger partial charge in [0.25, 0.3) is 0 Å². The smallest absolute Gasteiger partial charge is 0.413 e. The van der Waals surface area contributed by atoms with Gasteiger partial charge in [-0.2, -0.15) is 13.2 Å². The van der Waals surface area contributed by atoms with E-state index in [0.717, 1.165) is 5.56 Å². The molecule has 0 bridgehead atoms. The zero-order valence-electron chi connectivity index (χ0n) is 25.1. The summed E-state index contributed by atoms with van der Waals surface area (Å²) in [6, 6.07) is 45.8. The number of benzene rings is 4. The molecule has 45 heavy (non-hydrogen) atoms. The predicted molar refractivity (Wildman–Crippen MR) is 175 cm³/mol. The normalized spacial score (nSPS) is 10.5. The fourth-order valence-corrected chi connectivity index (χ4v) is 5.93. The molecule has 0 aliphatic heterocycles. The van der Waals surface area contributed by atoms with Gasteiger partial charge in [-0.1, -0.05) is 79.7 Å². The van der Waals surface area contributed by atoms with Gasteiger partial charge >= 0.3 is 26.0 Å². The van der Waals surface area contributed by atoms with Crippen molar-refractivity contribution >= 4 is 18.5 Å². The monoisotopic (exact) mass is 801 g/mol. The van der Waals surface area contributed by atoms with E-state index in [-0.39, 0.29) is 31.3 Å². The Hall–Kier alpha value is -4.10.